The first kappa shape index (κ1) is 15.1. The van der Waals surface area contributed by atoms with Crippen molar-refractivity contribution in [2.45, 2.75) is 32.4 Å². The van der Waals surface area contributed by atoms with Crippen molar-refractivity contribution in [2.24, 2.45) is 0 Å². The van der Waals surface area contributed by atoms with Crippen molar-refractivity contribution in [3.63, 3.8) is 0 Å². The number of ether oxygens (including phenoxy) is 1. The molecule has 0 spiro atoms. The number of carbonyl (C=O) groups is 2. The first-order valence-electron chi connectivity index (χ1n) is 6.64. The van der Waals surface area contributed by atoms with Gasteiger partial charge in [0.05, 0.1) is 6.54 Å². The maximum atomic E-state index is 12.2. The molecular formula is C13H20N4O4. The molecule has 1 saturated heterocycles. The number of amides is 3. The summed E-state index contributed by atoms with van der Waals surface area (Å²) in [6, 6.07) is 1.40. The zero-order chi connectivity index (χ0) is 15.8. The van der Waals surface area contributed by atoms with E-state index < -0.39 is 12.3 Å². The summed E-state index contributed by atoms with van der Waals surface area (Å²) in [7, 11) is 3.09. The molecule has 3 amide bonds. The van der Waals surface area contributed by atoms with Crippen LogP contribution in [-0.2, 0) is 10.2 Å². The van der Waals surface area contributed by atoms with Gasteiger partial charge in [0.1, 0.15) is 5.76 Å². The Labute approximate surface area is 123 Å². The number of carbonyl (C=O) groups excluding carboxylic acids is 2. The minimum atomic E-state index is -0.736. The number of nitrogens with zero attached hydrogens (tertiary/aromatic N) is 3. The molecule has 8 nitrogen and oxygen atoms in total. The number of anilines is 1. The molecule has 1 unspecified atom stereocenters. The Balaban J connectivity index is 2.27. The lowest BCUT2D eigenvalue weighted by atomic mass is 9.93. The molecule has 1 aromatic rings. The highest BCUT2D eigenvalue weighted by Crippen LogP contribution is 2.29. The average molecular weight is 296 g/mol. The Bertz CT molecular complexity index is 549. The second-order valence-corrected chi connectivity index (χ2v) is 5.94. The van der Waals surface area contributed by atoms with Gasteiger partial charge in [-0.15, -0.1) is 0 Å². The van der Waals surface area contributed by atoms with Gasteiger partial charge in [-0.05, 0) is 0 Å². The van der Waals surface area contributed by atoms with E-state index in [-0.39, 0.29) is 18.0 Å². The highest BCUT2D eigenvalue weighted by molar-refractivity contribution is 5.94. The lowest BCUT2D eigenvalue weighted by Crippen LogP contribution is -2.39. The maximum Gasteiger partial charge on any atom is 0.408 e. The van der Waals surface area contributed by atoms with Crippen molar-refractivity contribution in [2.75, 3.05) is 25.5 Å². The van der Waals surface area contributed by atoms with Crippen molar-refractivity contribution in [3.05, 3.63) is 11.8 Å². The second kappa shape index (κ2) is 5.27. The molecule has 0 aliphatic carbocycles. The molecule has 1 aliphatic rings. The number of nitrogens with one attached hydrogen (secondary N) is 1. The monoisotopic (exact) mass is 296 g/mol. The van der Waals surface area contributed by atoms with Crippen molar-refractivity contribution in [3.8, 4) is 0 Å². The number of hydrogen-bond acceptors (Lipinski definition) is 5. The molecule has 0 bridgehead atoms. The number of urea groups is 1. The molecule has 1 aromatic heterocycles. The summed E-state index contributed by atoms with van der Waals surface area (Å²) in [5, 5.41) is 6.29. The molecule has 0 saturated carbocycles. The minimum absolute atomic E-state index is 0.225. The van der Waals surface area contributed by atoms with Gasteiger partial charge in [0.2, 0.25) is 6.23 Å². The molecule has 1 atom stereocenters. The summed E-state index contributed by atoms with van der Waals surface area (Å²) in [6.45, 7) is 6.21. The van der Waals surface area contributed by atoms with Crippen molar-refractivity contribution in [1.29, 1.82) is 0 Å². The number of aromatic nitrogens is 1. The van der Waals surface area contributed by atoms with E-state index >= 15 is 0 Å². The normalized spacial score (nSPS) is 19.1. The fraction of sp³-hybridized carbons (Fsp3) is 0.615. The fourth-order valence-electron chi connectivity index (χ4n) is 1.95. The predicted octanol–water partition coefficient (Wildman–Crippen LogP) is 1.53. The zero-order valence-electron chi connectivity index (χ0n) is 12.8. The van der Waals surface area contributed by atoms with Crippen LogP contribution in [0, 0.1) is 0 Å². The Hall–Kier alpha value is -2.25. The standard InChI is InChI=1S/C13H20N4O4/c1-13(2,3)8-6-9(15-21-8)17-10(20-11(18)14-4)7-16(5)12(17)19/h6,10H,7H2,1-5H3,(H,14,18). The SMILES string of the molecule is CNC(=O)OC1CN(C)C(=O)N1c1cc(C(C)(C)C)on1. The summed E-state index contributed by atoms with van der Waals surface area (Å²) in [5.41, 5.74) is -0.225. The first-order chi connectivity index (χ1) is 9.74. The highest BCUT2D eigenvalue weighted by atomic mass is 16.6. The number of rotatable bonds is 2. The number of likely N-dealkylation sites (N-methyl/N-ethyl adjacent to an activating group) is 1. The van der Waals surface area contributed by atoms with E-state index in [4.69, 9.17) is 9.26 Å². The molecule has 21 heavy (non-hydrogen) atoms. The Morgan fingerprint density at radius 3 is 2.71 bits per heavy atom. The smallest absolute Gasteiger partial charge is 0.408 e. The van der Waals surface area contributed by atoms with Crippen LogP contribution < -0.4 is 10.2 Å². The number of alkyl carbamates (subject to hydrolysis) is 1. The van der Waals surface area contributed by atoms with Crippen molar-refractivity contribution < 1.29 is 18.8 Å². The van der Waals surface area contributed by atoms with Crippen LogP contribution in [0.25, 0.3) is 0 Å². The molecule has 0 aromatic carbocycles. The van der Waals surface area contributed by atoms with Crippen molar-refractivity contribution in [1.82, 2.24) is 15.4 Å². The molecule has 1 aliphatic heterocycles. The van der Waals surface area contributed by atoms with Gasteiger partial charge in [-0.2, -0.15) is 0 Å². The molecule has 2 rings (SSSR count). The minimum Gasteiger partial charge on any atom is -0.423 e. The van der Waals surface area contributed by atoms with Gasteiger partial charge < -0.3 is 19.5 Å². The molecule has 0 radical (unpaired) electrons. The molecule has 116 valence electrons. The van der Waals surface area contributed by atoms with Gasteiger partial charge in [0, 0.05) is 25.6 Å². The lowest BCUT2D eigenvalue weighted by Gasteiger charge is -2.19. The summed E-state index contributed by atoms with van der Waals surface area (Å²) in [5.74, 6) is 0.988. The molecule has 1 fully saturated rings. The van der Waals surface area contributed by atoms with Crippen LogP contribution in [0.4, 0.5) is 15.4 Å². The third-order valence-corrected chi connectivity index (χ3v) is 3.18. The van der Waals surface area contributed by atoms with Crippen LogP contribution in [0.3, 0.4) is 0 Å². The first-order valence-corrected chi connectivity index (χ1v) is 6.64. The molecule has 8 heteroatoms. The third-order valence-electron chi connectivity index (χ3n) is 3.18. The predicted molar refractivity (Wildman–Crippen MR) is 75.0 cm³/mol. The van der Waals surface area contributed by atoms with Gasteiger partial charge in [-0.1, -0.05) is 25.9 Å². The van der Waals surface area contributed by atoms with E-state index in [1.165, 1.54) is 16.8 Å². The van der Waals surface area contributed by atoms with Gasteiger partial charge in [-0.3, -0.25) is 0 Å². The highest BCUT2D eigenvalue weighted by Gasteiger charge is 2.41. The molecule has 2 heterocycles. The van der Waals surface area contributed by atoms with Gasteiger partial charge in [0.25, 0.3) is 0 Å². The van der Waals surface area contributed by atoms with Gasteiger partial charge in [-0.25, -0.2) is 14.5 Å². The van der Waals surface area contributed by atoms with Crippen LogP contribution in [0.15, 0.2) is 10.6 Å². The zero-order valence-corrected chi connectivity index (χ0v) is 12.8. The Morgan fingerprint density at radius 1 is 1.52 bits per heavy atom. The Morgan fingerprint density at radius 2 is 2.19 bits per heavy atom. The van der Waals surface area contributed by atoms with E-state index in [1.54, 1.807) is 13.1 Å². The summed E-state index contributed by atoms with van der Waals surface area (Å²) < 4.78 is 10.5. The molecule has 1 N–H and O–H groups in total. The fourth-order valence-corrected chi connectivity index (χ4v) is 1.95. The number of hydrogen-bond donors (Lipinski definition) is 1. The van der Waals surface area contributed by atoms with E-state index in [2.05, 4.69) is 10.5 Å². The van der Waals surface area contributed by atoms with Gasteiger partial charge >= 0.3 is 12.1 Å². The van der Waals surface area contributed by atoms with Crippen LogP contribution >= 0.6 is 0 Å². The van der Waals surface area contributed by atoms with Crippen molar-refractivity contribution >= 4 is 17.9 Å². The molecular weight excluding hydrogens is 276 g/mol. The van der Waals surface area contributed by atoms with Crippen LogP contribution in [-0.4, -0.2) is 49.0 Å². The maximum absolute atomic E-state index is 12.2. The van der Waals surface area contributed by atoms with E-state index in [0.717, 1.165) is 0 Å². The lowest BCUT2D eigenvalue weighted by molar-refractivity contribution is 0.104. The van der Waals surface area contributed by atoms with Gasteiger partial charge in [0.15, 0.2) is 5.82 Å². The second-order valence-electron chi connectivity index (χ2n) is 5.94. The quantitative estimate of drug-likeness (QED) is 0.894. The summed E-state index contributed by atoms with van der Waals surface area (Å²) in [4.78, 5) is 26.4. The summed E-state index contributed by atoms with van der Waals surface area (Å²) >= 11 is 0. The average Bonchev–Trinajstić information content (AvgIpc) is 2.96. The largest absolute Gasteiger partial charge is 0.423 e. The van der Waals surface area contributed by atoms with E-state index in [9.17, 15) is 9.59 Å². The van der Waals surface area contributed by atoms with Crippen LogP contribution in [0.1, 0.15) is 26.5 Å². The summed E-state index contributed by atoms with van der Waals surface area (Å²) in [6.07, 6.45) is -1.34. The topological polar surface area (TPSA) is 87.9 Å². The Kier molecular flexibility index (Phi) is 3.80. The van der Waals surface area contributed by atoms with Crippen LogP contribution in [0.2, 0.25) is 0 Å². The van der Waals surface area contributed by atoms with E-state index in [1.807, 2.05) is 20.8 Å². The van der Waals surface area contributed by atoms with E-state index in [0.29, 0.717) is 11.6 Å². The van der Waals surface area contributed by atoms with Crippen LogP contribution in [0.5, 0.6) is 0 Å². The third kappa shape index (κ3) is 2.93.